The van der Waals surface area contributed by atoms with Crippen LogP contribution in [0.15, 0.2) is 18.2 Å². The maximum Gasteiger partial charge on any atom is 0.123 e. The molecule has 0 aliphatic carbocycles. The molecular formula is C12H18FN. The van der Waals surface area contributed by atoms with Crippen molar-refractivity contribution in [3.8, 4) is 0 Å². The van der Waals surface area contributed by atoms with Crippen LogP contribution in [0.1, 0.15) is 31.0 Å². The van der Waals surface area contributed by atoms with Crippen LogP contribution in [-0.4, -0.2) is 7.05 Å². The zero-order valence-electron chi connectivity index (χ0n) is 9.26. The van der Waals surface area contributed by atoms with Crippen molar-refractivity contribution in [2.24, 2.45) is 5.92 Å². The van der Waals surface area contributed by atoms with Crippen LogP contribution in [0, 0.1) is 18.7 Å². The first-order chi connectivity index (χ1) is 6.56. The summed E-state index contributed by atoms with van der Waals surface area (Å²) in [5.74, 6) is 0.298. The van der Waals surface area contributed by atoms with Gasteiger partial charge in [0.15, 0.2) is 0 Å². The van der Waals surface area contributed by atoms with Crippen LogP contribution in [0.3, 0.4) is 0 Å². The van der Waals surface area contributed by atoms with Crippen LogP contribution < -0.4 is 5.32 Å². The van der Waals surface area contributed by atoms with Gasteiger partial charge in [-0.2, -0.15) is 0 Å². The second-order valence-corrected chi connectivity index (χ2v) is 4.01. The molecule has 0 aromatic heterocycles. The summed E-state index contributed by atoms with van der Waals surface area (Å²) < 4.78 is 13.1. The second kappa shape index (κ2) is 4.56. The molecule has 0 bridgehead atoms. The minimum Gasteiger partial charge on any atom is -0.313 e. The lowest BCUT2D eigenvalue weighted by Crippen LogP contribution is -2.22. The molecule has 0 radical (unpaired) electrons. The quantitative estimate of drug-likeness (QED) is 0.781. The second-order valence-electron chi connectivity index (χ2n) is 4.01. The van der Waals surface area contributed by atoms with Crippen LogP contribution in [0.25, 0.3) is 0 Å². The molecule has 1 atom stereocenters. The van der Waals surface area contributed by atoms with E-state index in [1.807, 2.05) is 20.0 Å². The normalized spacial score (nSPS) is 13.3. The lowest BCUT2D eigenvalue weighted by Gasteiger charge is -2.22. The molecule has 0 heterocycles. The van der Waals surface area contributed by atoms with Gasteiger partial charge in [-0.3, -0.25) is 0 Å². The Morgan fingerprint density at radius 1 is 1.29 bits per heavy atom. The summed E-state index contributed by atoms with van der Waals surface area (Å²) in [6, 6.07) is 5.19. The Morgan fingerprint density at radius 3 is 2.43 bits per heavy atom. The zero-order chi connectivity index (χ0) is 10.7. The molecular weight excluding hydrogens is 177 g/mol. The van der Waals surface area contributed by atoms with Crippen molar-refractivity contribution in [2.75, 3.05) is 7.05 Å². The highest BCUT2D eigenvalue weighted by molar-refractivity contribution is 5.29. The molecule has 0 aliphatic rings. The van der Waals surface area contributed by atoms with E-state index in [-0.39, 0.29) is 11.9 Å². The molecule has 14 heavy (non-hydrogen) atoms. The molecule has 1 unspecified atom stereocenters. The number of halogens is 1. The lowest BCUT2D eigenvalue weighted by atomic mass is 9.93. The van der Waals surface area contributed by atoms with E-state index >= 15 is 0 Å². The SMILES string of the molecule is CNC(c1cc(F)ccc1C)C(C)C. The standard InChI is InChI=1S/C12H18FN/c1-8(2)12(14-4)11-7-10(13)6-5-9(11)3/h5-8,12,14H,1-4H3. The van der Waals surface area contributed by atoms with Gasteiger partial charge in [0.25, 0.3) is 0 Å². The fourth-order valence-corrected chi connectivity index (χ4v) is 1.79. The maximum atomic E-state index is 13.1. The summed E-state index contributed by atoms with van der Waals surface area (Å²) in [4.78, 5) is 0. The first-order valence-electron chi connectivity index (χ1n) is 4.99. The van der Waals surface area contributed by atoms with Crippen molar-refractivity contribution in [3.63, 3.8) is 0 Å². The Hall–Kier alpha value is -0.890. The third-order valence-corrected chi connectivity index (χ3v) is 2.55. The molecule has 1 rings (SSSR count). The van der Waals surface area contributed by atoms with Crippen molar-refractivity contribution in [2.45, 2.75) is 26.8 Å². The molecule has 0 saturated heterocycles. The highest BCUT2D eigenvalue weighted by Gasteiger charge is 2.15. The largest absolute Gasteiger partial charge is 0.313 e. The average molecular weight is 195 g/mol. The predicted molar refractivity (Wildman–Crippen MR) is 57.8 cm³/mol. The smallest absolute Gasteiger partial charge is 0.123 e. The molecule has 1 aromatic carbocycles. The van der Waals surface area contributed by atoms with E-state index in [0.717, 1.165) is 11.1 Å². The third-order valence-electron chi connectivity index (χ3n) is 2.55. The van der Waals surface area contributed by atoms with E-state index in [9.17, 15) is 4.39 Å². The van der Waals surface area contributed by atoms with Crippen LogP contribution in [0.4, 0.5) is 4.39 Å². The Bertz CT molecular complexity index is 307. The summed E-state index contributed by atoms with van der Waals surface area (Å²) in [5, 5.41) is 3.22. The summed E-state index contributed by atoms with van der Waals surface area (Å²) in [5.41, 5.74) is 2.20. The Balaban J connectivity index is 3.08. The number of nitrogens with one attached hydrogen (secondary N) is 1. The molecule has 2 heteroatoms. The third kappa shape index (κ3) is 2.32. The minimum atomic E-state index is -0.161. The first kappa shape index (κ1) is 11.2. The van der Waals surface area contributed by atoms with Gasteiger partial charge < -0.3 is 5.32 Å². The van der Waals surface area contributed by atoms with Crippen LogP contribution in [0.5, 0.6) is 0 Å². The monoisotopic (exact) mass is 195 g/mol. The van der Waals surface area contributed by atoms with Gasteiger partial charge in [0.05, 0.1) is 0 Å². The Morgan fingerprint density at radius 2 is 1.93 bits per heavy atom. The van der Waals surface area contributed by atoms with E-state index in [0.29, 0.717) is 5.92 Å². The first-order valence-corrected chi connectivity index (χ1v) is 4.99. The van der Waals surface area contributed by atoms with Crippen molar-refractivity contribution >= 4 is 0 Å². The molecule has 0 spiro atoms. The molecule has 1 nitrogen and oxygen atoms in total. The van der Waals surface area contributed by atoms with E-state index in [4.69, 9.17) is 0 Å². The van der Waals surface area contributed by atoms with Gasteiger partial charge in [-0.1, -0.05) is 19.9 Å². The van der Waals surface area contributed by atoms with Crippen LogP contribution in [-0.2, 0) is 0 Å². The topological polar surface area (TPSA) is 12.0 Å². The molecule has 0 amide bonds. The summed E-state index contributed by atoms with van der Waals surface area (Å²) >= 11 is 0. The summed E-state index contributed by atoms with van der Waals surface area (Å²) in [7, 11) is 1.91. The van der Waals surface area contributed by atoms with Gasteiger partial charge in [0.2, 0.25) is 0 Å². The number of hydrogen-bond donors (Lipinski definition) is 1. The van der Waals surface area contributed by atoms with E-state index in [1.54, 1.807) is 6.07 Å². The van der Waals surface area contributed by atoms with Gasteiger partial charge >= 0.3 is 0 Å². The van der Waals surface area contributed by atoms with Crippen LogP contribution >= 0.6 is 0 Å². The highest BCUT2D eigenvalue weighted by Crippen LogP contribution is 2.24. The van der Waals surface area contributed by atoms with Crippen LogP contribution in [0.2, 0.25) is 0 Å². The Labute approximate surface area is 85.3 Å². The number of aryl methyl sites for hydroxylation is 1. The van der Waals surface area contributed by atoms with Gasteiger partial charge in [-0.15, -0.1) is 0 Å². The number of benzene rings is 1. The maximum absolute atomic E-state index is 13.1. The van der Waals surface area contributed by atoms with Gasteiger partial charge in [-0.25, -0.2) is 4.39 Å². The van der Waals surface area contributed by atoms with E-state index < -0.39 is 0 Å². The molecule has 1 N–H and O–H groups in total. The van der Waals surface area contributed by atoms with Crippen molar-refractivity contribution in [1.29, 1.82) is 0 Å². The Kier molecular flexibility index (Phi) is 3.64. The van der Waals surface area contributed by atoms with Gasteiger partial charge in [-0.05, 0) is 43.1 Å². The molecule has 0 saturated carbocycles. The van der Waals surface area contributed by atoms with E-state index in [1.165, 1.54) is 6.07 Å². The highest BCUT2D eigenvalue weighted by atomic mass is 19.1. The van der Waals surface area contributed by atoms with Crippen molar-refractivity contribution in [1.82, 2.24) is 5.32 Å². The number of hydrogen-bond acceptors (Lipinski definition) is 1. The van der Waals surface area contributed by atoms with Gasteiger partial charge in [0.1, 0.15) is 5.82 Å². The predicted octanol–water partition coefficient (Wildman–Crippen LogP) is 3.05. The van der Waals surface area contributed by atoms with Crippen molar-refractivity contribution in [3.05, 3.63) is 35.1 Å². The fourth-order valence-electron chi connectivity index (χ4n) is 1.79. The molecule has 0 aliphatic heterocycles. The summed E-state index contributed by atoms with van der Waals surface area (Å²) in [6.45, 7) is 6.28. The van der Waals surface area contributed by atoms with E-state index in [2.05, 4.69) is 19.2 Å². The average Bonchev–Trinajstić information content (AvgIpc) is 2.11. The minimum absolute atomic E-state index is 0.161. The molecule has 78 valence electrons. The number of rotatable bonds is 3. The van der Waals surface area contributed by atoms with Gasteiger partial charge in [0, 0.05) is 6.04 Å². The zero-order valence-corrected chi connectivity index (χ0v) is 9.26. The summed E-state index contributed by atoms with van der Waals surface area (Å²) in [6.07, 6.45) is 0. The lowest BCUT2D eigenvalue weighted by molar-refractivity contribution is 0.439. The fraction of sp³-hybridized carbons (Fsp3) is 0.500. The molecule has 1 aromatic rings. The molecule has 0 fully saturated rings. The van der Waals surface area contributed by atoms with Crippen molar-refractivity contribution < 1.29 is 4.39 Å².